The average Bonchev–Trinajstić information content (AvgIpc) is 0.722. The fraction of sp³-hybridized carbons (Fsp3) is 0. The Morgan fingerprint density at radius 2 is 0.800 bits per heavy atom. The fourth-order valence-corrected chi connectivity index (χ4v) is 0. The fourth-order valence-electron chi connectivity index (χ4n) is 0. The van der Waals surface area contributed by atoms with E-state index < -0.39 is 14.9 Å². The molecular weight excluding hydrogens is 139 g/mol. The Morgan fingerprint density at radius 1 is 0.800 bits per heavy atom. The van der Waals surface area contributed by atoms with Gasteiger partial charge in [0.05, 0.1) is 0 Å². The number of hydrogen-bond acceptors (Lipinski definition) is 4. The van der Waals surface area contributed by atoms with Gasteiger partial charge in [0.15, 0.2) is 0 Å². The van der Waals surface area contributed by atoms with Crippen molar-refractivity contribution in [2.24, 2.45) is 0 Å². The first-order valence-corrected chi connectivity index (χ1v) is 4.65. The average molecular weight is 144 g/mol. The van der Waals surface area contributed by atoms with E-state index in [4.69, 9.17) is 16.4 Å². The van der Waals surface area contributed by atoms with Gasteiger partial charge in [-0.2, -0.15) is 0 Å². The molecule has 0 fully saturated rings. The van der Waals surface area contributed by atoms with Crippen molar-refractivity contribution in [2.75, 3.05) is 0 Å². The molecule has 5 heavy (non-hydrogen) atoms. The van der Waals surface area contributed by atoms with E-state index in [9.17, 15) is 0 Å². The molecule has 5 heteroatoms. The normalized spacial score (nSPS) is 15.2. The molecule has 0 amide bonds. The van der Waals surface area contributed by atoms with Gasteiger partial charge in [-0.05, 0) is 0 Å². The van der Waals surface area contributed by atoms with Crippen LogP contribution >= 0.6 is 0 Å². The Labute approximate surface area is 32.2 Å². The maximum absolute atomic E-state index is 7.38. The summed E-state index contributed by atoms with van der Waals surface area (Å²) in [5.74, 6) is 0. The Morgan fingerprint density at radius 3 is 0.800 bits per heavy atom. The molecular formula is H5AsO4. The van der Waals surface area contributed by atoms with Crippen LogP contribution in [0.2, 0.25) is 0 Å². The molecule has 0 atom stereocenters. The van der Waals surface area contributed by atoms with Gasteiger partial charge < -0.3 is 0 Å². The van der Waals surface area contributed by atoms with Crippen molar-refractivity contribution in [3.05, 3.63) is 0 Å². The predicted octanol–water partition coefficient (Wildman–Crippen LogP) is -2.88. The van der Waals surface area contributed by atoms with Crippen LogP contribution in [0.25, 0.3) is 0 Å². The van der Waals surface area contributed by atoms with Crippen LogP contribution in [0.4, 0.5) is 0 Å². The standard InChI is InChI=1S/AsH5O4/c2-1(3,4)5/h1-5H. The monoisotopic (exact) mass is 144 g/mol. The first kappa shape index (κ1) is 5.40. The number of hydrogen-bond donors (Lipinski definition) is 4. The summed E-state index contributed by atoms with van der Waals surface area (Å²) < 4.78 is 29.5. The molecule has 0 radical (unpaired) electrons. The summed E-state index contributed by atoms with van der Waals surface area (Å²) in [6, 6.07) is 0. The Kier molecular flexibility index (Phi) is 1.34. The van der Waals surface area contributed by atoms with Crippen molar-refractivity contribution >= 4 is 14.9 Å². The van der Waals surface area contributed by atoms with Crippen LogP contribution < -0.4 is 0 Å². The zero-order valence-corrected chi connectivity index (χ0v) is 4.39. The quantitative estimate of drug-likeness (QED) is 0.275. The molecule has 0 saturated heterocycles. The Hall–Kier alpha value is 0.398. The molecule has 0 bridgehead atoms. The minimum atomic E-state index is -5.00. The van der Waals surface area contributed by atoms with Crippen LogP contribution in [0.3, 0.4) is 0 Å². The van der Waals surface area contributed by atoms with Crippen LogP contribution in [0, 0.1) is 0 Å². The molecule has 0 saturated carbocycles. The van der Waals surface area contributed by atoms with Gasteiger partial charge in [-0.15, -0.1) is 0 Å². The molecule has 0 unspecified atom stereocenters. The van der Waals surface area contributed by atoms with Gasteiger partial charge >= 0.3 is 31.3 Å². The zero-order valence-electron chi connectivity index (χ0n) is 2.29. The van der Waals surface area contributed by atoms with Crippen molar-refractivity contribution < 1.29 is 16.4 Å². The van der Waals surface area contributed by atoms with Crippen molar-refractivity contribution in [3.8, 4) is 0 Å². The van der Waals surface area contributed by atoms with Gasteiger partial charge in [0.1, 0.15) is 0 Å². The van der Waals surface area contributed by atoms with E-state index in [0.29, 0.717) is 0 Å². The predicted molar refractivity (Wildman–Crippen MR) is 16.0 cm³/mol. The summed E-state index contributed by atoms with van der Waals surface area (Å²) in [5, 5.41) is 0. The van der Waals surface area contributed by atoms with Crippen molar-refractivity contribution in [2.45, 2.75) is 0 Å². The second-order valence-electron chi connectivity index (χ2n) is 0.600. The molecule has 0 aliphatic rings. The Bertz CT molecular complexity index is 19.1. The SMILES string of the molecule is O[AsH](O)(O)O. The van der Waals surface area contributed by atoms with Gasteiger partial charge in [0, 0.05) is 0 Å². The van der Waals surface area contributed by atoms with Crippen LogP contribution in [0.1, 0.15) is 0 Å². The van der Waals surface area contributed by atoms with E-state index in [1.165, 1.54) is 0 Å². The summed E-state index contributed by atoms with van der Waals surface area (Å²) in [5.41, 5.74) is 0. The topological polar surface area (TPSA) is 80.9 Å². The van der Waals surface area contributed by atoms with Crippen LogP contribution in [0.15, 0.2) is 0 Å². The van der Waals surface area contributed by atoms with E-state index in [0.717, 1.165) is 0 Å². The summed E-state index contributed by atoms with van der Waals surface area (Å²) in [6.07, 6.45) is 0. The molecule has 0 aromatic heterocycles. The van der Waals surface area contributed by atoms with E-state index in [1.54, 1.807) is 0 Å². The Balaban J connectivity index is 3.02. The maximum atomic E-state index is 7.38. The molecule has 0 rings (SSSR count). The first-order valence-electron chi connectivity index (χ1n) is 0.894. The third-order valence-corrected chi connectivity index (χ3v) is 0. The molecule has 0 heterocycles. The summed E-state index contributed by atoms with van der Waals surface area (Å²) in [6.45, 7) is 0. The molecule has 0 aliphatic carbocycles. The van der Waals surface area contributed by atoms with Crippen LogP contribution in [0.5, 0.6) is 0 Å². The van der Waals surface area contributed by atoms with Gasteiger partial charge in [-0.1, -0.05) is 0 Å². The van der Waals surface area contributed by atoms with Gasteiger partial charge in [0.25, 0.3) is 0 Å². The van der Waals surface area contributed by atoms with E-state index in [2.05, 4.69) is 0 Å². The third-order valence-electron chi connectivity index (χ3n) is 0. The van der Waals surface area contributed by atoms with Gasteiger partial charge in [-0.3, -0.25) is 0 Å². The van der Waals surface area contributed by atoms with Crippen LogP contribution in [-0.2, 0) is 0 Å². The van der Waals surface area contributed by atoms with E-state index in [-0.39, 0.29) is 0 Å². The second kappa shape index (κ2) is 1.24. The van der Waals surface area contributed by atoms with E-state index >= 15 is 0 Å². The summed E-state index contributed by atoms with van der Waals surface area (Å²) in [7, 11) is 0. The third kappa shape index (κ3) is 159. The van der Waals surface area contributed by atoms with Crippen LogP contribution in [-0.4, -0.2) is 31.3 Å². The van der Waals surface area contributed by atoms with Gasteiger partial charge in [0.2, 0.25) is 0 Å². The minimum absolute atomic E-state index is 5.00. The summed E-state index contributed by atoms with van der Waals surface area (Å²) >= 11 is -5.00. The molecule has 0 aliphatic heterocycles. The molecule has 4 nitrogen and oxygen atoms in total. The molecule has 34 valence electrons. The molecule has 0 aromatic rings. The van der Waals surface area contributed by atoms with Gasteiger partial charge in [-0.25, -0.2) is 0 Å². The number of rotatable bonds is 0. The summed E-state index contributed by atoms with van der Waals surface area (Å²) in [4.78, 5) is 0. The van der Waals surface area contributed by atoms with E-state index in [1.807, 2.05) is 0 Å². The van der Waals surface area contributed by atoms with Crippen molar-refractivity contribution in [1.82, 2.24) is 0 Å². The molecule has 0 aromatic carbocycles. The zero-order chi connectivity index (χ0) is 4.50. The first-order chi connectivity index (χ1) is 2.00. The van der Waals surface area contributed by atoms with Crippen molar-refractivity contribution in [1.29, 1.82) is 0 Å². The molecule has 4 N–H and O–H groups in total. The van der Waals surface area contributed by atoms with Crippen molar-refractivity contribution in [3.63, 3.8) is 0 Å². The second-order valence-corrected chi connectivity index (χ2v) is 3.12. The molecule has 0 spiro atoms.